The van der Waals surface area contributed by atoms with E-state index in [0.717, 1.165) is 6.42 Å². The second-order valence-electron chi connectivity index (χ2n) is 10.0. The highest BCUT2D eigenvalue weighted by Crippen LogP contribution is 2.51. The average molecular weight is 501 g/mol. The smallest absolute Gasteiger partial charge is 0.333 e. The Balaban J connectivity index is 1.47. The van der Waals surface area contributed by atoms with E-state index >= 15 is 0 Å². The number of fused-ring (bicyclic) bond motifs is 2. The molecule has 0 spiro atoms. The third-order valence-corrected chi connectivity index (χ3v) is 9.88. The quantitative estimate of drug-likeness (QED) is 0.286. The lowest BCUT2D eigenvalue weighted by Gasteiger charge is -2.42. The number of nitrogens with zero attached hydrogens (tertiary/aromatic N) is 2. The van der Waals surface area contributed by atoms with E-state index in [1.165, 1.54) is 33.3 Å². The van der Waals surface area contributed by atoms with Crippen LogP contribution in [0.2, 0.25) is 0 Å². The normalized spacial score (nSPS) is 36.5. The van der Waals surface area contributed by atoms with E-state index in [2.05, 4.69) is 0 Å². The van der Waals surface area contributed by atoms with Gasteiger partial charge < -0.3 is 30.7 Å². The maximum Gasteiger partial charge on any atom is 0.333 e. The van der Waals surface area contributed by atoms with Crippen LogP contribution in [0.3, 0.4) is 0 Å². The summed E-state index contributed by atoms with van der Waals surface area (Å²) in [7, 11) is 0. The number of hydrogen-bond acceptors (Lipinski definition) is 10. The Morgan fingerprint density at radius 1 is 0.909 bits per heavy atom. The maximum absolute atomic E-state index is 13.2. The molecule has 4 heterocycles. The van der Waals surface area contributed by atoms with Gasteiger partial charge in [0.05, 0.1) is 0 Å². The van der Waals surface area contributed by atoms with Crippen molar-refractivity contribution in [3.63, 3.8) is 0 Å². The van der Waals surface area contributed by atoms with Crippen LogP contribution < -0.4 is 11.5 Å². The van der Waals surface area contributed by atoms with E-state index in [0.29, 0.717) is 12.8 Å². The highest BCUT2D eigenvalue weighted by Gasteiger charge is 2.64. The Morgan fingerprint density at radius 3 is 1.67 bits per heavy atom. The molecule has 0 saturated carbocycles. The summed E-state index contributed by atoms with van der Waals surface area (Å²) in [6, 6.07) is -2.89. The minimum Gasteiger partial charge on any atom is -0.424 e. The number of nitrogens with two attached hydrogens (primary N) is 2. The van der Waals surface area contributed by atoms with Crippen LogP contribution in [0.25, 0.3) is 0 Å². The summed E-state index contributed by atoms with van der Waals surface area (Å²) in [5, 5.41) is -0.534. The number of unbranched alkanes of at least 4 members (excludes halogenated alkanes) is 1. The van der Waals surface area contributed by atoms with Gasteiger partial charge in [-0.05, 0) is 34.1 Å². The lowest BCUT2D eigenvalue weighted by atomic mass is 9.96. The molecule has 4 fully saturated rings. The Hall–Kier alpha value is -1.50. The fourth-order valence-corrected chi connectivity index (χ4v) is 8.07. The number of carbonyl (C=O) groups excluding carboxylic acids is 4. The minimum absolute atomic E-state index is 0.267. The molecule has 4 saturated heterocycles. The van der Waals surface area contributed by atoms with Crippen LogP contribution in [0.15, 0.2) is 0 Å². The number of hydrogen-bond donors (Lipinski definition) is 2. The SMILES string of the molecule is CCCCC(OC(=O)[C@@H]1N2C(=O)C(N)[C@H]2SC1(C)C)OC(=O)[C@@H]1N2C(=O)C(N)[C@H]2SC1(C)C. The summed E-state index contributed by atoms with van der Waals surface area (Å²) in [4.78, 5) is 53.9. The summed E-state index contributed by atoms with van der Waals surface area (Å²) < 4.78 is 10.1. The van der Waals surface area contributed by atoms with Crippen LogP contribution >= 0.6 is 23.5 Å². The zero-order valence-electron chi connectivity index (χ0n) is 19.5. The number of β-lactam (4-membered cyclic amide) rings is 2. The molecule has 2 unspecified atom stereocenters. The van der Waals surface area contributed by atoms with Gasteiger partial charge in [-0.15, -0.1) is 23.5 Å². The standard InChI is InChI=1S/C21H32N4O6S2/c1-6-7-8-9(30-18(28)12-20(2,3)32-16-10(22)14(26)24(12)16)31-19(29)13-21(4,5)33-17-11(23)15(27)25(13)17/h9-13,16-17H,6-8,22-23H2,1-5H3/t9?,10?,11?,12-,13-,16+,17+/m0/s1. The molecule has 10 nitrogen and oxygen atoms in total. The van der Waals surface area contributed by atoms with Crippen molar-refractivity contribution in [3.8, 4) is 0 Å². The number of esters is 2. The Bertz CT molecular complexity index is 817. The molecule has 0 aromatic heterocycles. The molecule has 4 N–H and O–H groups in total. The van der Waals surface area contributed by atoms with Gasteiger partial charge in [-0.25, -0.2) is 9.59 Å². The van der Waals surface area contributed by atoms with E-state index in [-0.39, 0.29) is 22.6 Å². The Labute approximate surface area is 201 Å². The second-order valence-corrected chi connectivity index (χ2v) is 13.6. The third-order valence-electron chi connectivity index (χ3n) is 6.70. The summed E-state index contributed by atoms with van der Waals surface area (Å²) in [6.07, 6.45) is 0.690. The largest absolute Gasteiger partial charge is 0.424 e. The van der Waals surface area contributed by atoms with Gasteiger partial charge >= 0.3 is 11.9 Å². The molecule has 0 bridgehead atoms. The number of amides is 2. The highest BCUT2D eigenvalue weighted by atomic mass is 32.2. The van der Waals surface area contributed by atoms with Crippen LogP contribution in [0.5, 0.6) is 0 Å². The van der Waals surface area contributed by atoms with Crippen molar-refractivity contribution in [2.24, 2.45) is 11.5 Å². The first-order chi connectivity index (χ1) is 15.3. The van der Waals surface area contributed by atoms with Gasteiger partial charge in [0, 0.05) is 15.9 Å². The molecule has 33 heavy (non-hydrogen) atoms. The molecular formula is C21H32N4O6S2. The average Bonchev–Trinajstić information content (AvgIpc) is 3.16. The lowest BCUT2D eigenvalue weighted by Crippen LogP contribution is -2.69. The maximum atomic E-state index is 13.2. The van der Waals surface area contributed by atoms with E-state index in [4.69, 9.17) is 20.9 Å². The third kappa shape index (κ3) is 3.82. The van der Waals surface area contributed by atoms with E-state index in [1.54, 1.807) is 0 Å². The van der Waals surface area contributed by atoms with Crippen molar-refractivity contribution in [3.05, 3.63) is 0 Å². The van der Waals surface area contributed by atoms with E-state index in [1.807, 2.05) is 34.6 Å². The summed E-state index contributed by atoms with van der Waals surface area (Å²) in [5.74, 6) is -1.82. The molecule has 12 heteroatoms. The topological polar surface area (TPSA) is 145 Å². The van der Waals surface area contributed by atoms with Crippen molar-refractivity contribution < 1.29 is 28.7 Å². The summed E-state index contributed by atoms with van der Waals surface area (Å²) in [6.45, 7) is 9.44. The van der Waals surface area contributed by atoms with E-state index in [9.17, 15) is 19.2 Å². The van der Waals surface area contributed by atoms with Crippen molar-refractivity contribution in [1.29, 1.82) is 0 Å². The molecule has 4 aliphatic heterocycles. The first-order valence-corrected chi connectivity index (χ1v) is 13.0. The molecule has 0 radical (unpaired) electrons. The number of thioether (sulfide) groups is 2. The zero-order valence-corrected chi connectivity index (χ0v) is 21.1. The predicted molar refractivity (Wildman–Crippen MR) is 124 cm³/mol. The van der Waals surface area contributed by atoms with E-state index < -0.39 is 51.9 Å². The van der Waals surface area contributed by atoms with Crippen LogP contribution in [0.1, 0.15) is 53.9 Å². The Morgan fingerprint density at radius 2 is 1.30 bits per heavy atom. The van der Waals surface area contributed by atoms with Gasteiger partial charge in [-0.3, -0.25) is 9.59 Å². The fourth-order valence-electron chi connectivity index (χ4n) is 4.95. The highest BCUT2D eigenvalue weighted by molar-refractivity contribution is 8.02. The number of ether oxygens (including phenoxy) is 2. The molecule has 0 aromatic rings. The van der Waals surface area contributed by atoms with Crippen molar-refractivity contribution in [1.82, 2.24) is 9.80 Å². The minimum atomic E-state index is -1.11. The van der Waals surface area contributed by atoms with Gasteiger partial charge in [-0.2, -0.15) is 0 Å². The molecular weight excluding hydrogens is 468 g/mol. The van der Waals surface area contributed by atoms with Gasteiger partial charge in [0.25, 0.3) is 0 Å². The Kier molecular flexibility index (Phi) is 6.20. The number of carbonyl (C=O) groups is 4. The number of rotatable bonds is 7. The van der Waals surface area contributed by atoms with Gasteiger partial charge in [0.2, 0.25) is 18.1 Å². The zero-order chi connectivity index (χ0) is 24.5. The summed E-state index contributed by atoms with van der Waals surface area (Å²) >= 11 is 2.93. The van der Waals surface area contributed by atoms with Crippen molar-refractivity contribution in [2.75, 3.05) is 0 Å². The van der Waals surface area contributed by atoms with Gasteiger partial charge in [0.1, 0.15) is 34.9 Å². The molecule has 0 aromatic carbocycles. The fraction of sp³-hybridized carbons (Fsp3) is 0.810. The molecule has 0 aliphatic carbocycles. The van der Waals surface area contributed by atoms with Gasteiger partial charge in [0.15, 0.2) is 0 Å². The van der Waals surface area contributed by atoms with Crippen LogP contribution in [-0.4, -0.2) is 84.3 Å². The molecule has 184 valence electrons. The van der Waals surface area contributed by atoms with Crippen LogP contribution in [0, 0.1) is 0 Å². The van der Waals surface area contributed by atoms with Gasteiger partial charge in [-0.1, -0.05) is 13.3 Å². The lowest BCUT2D eigenvalue weighted by molar-refractivity contribution is -0.200. The molecule has 6 atom stereocenters. The summed E-state index contributed by atoms with van der Waals surface area (Å²) in [5.41, 5.74) is 11.8. The van der Waals surface area contributed by atoms with Crippen molar-refractivity contribution in [2.45, 2.75) is 105 Å². The predicted octanol–water partition coefficient (Wildman–Crippen LogP) is 0.368. The van der Waals surface area contributed by atoms with Crippen LogP contribution in [0.4, 0.5) is 0 Å². The molecule has 4 aliphatic rings. The van der Waals surface area contributed by atoms with Crippen molar-refractivity contribution >= 4 is 47.3 Å². The van der Waals surface area contributed by atoms with Crippen LogP contribution in [-0.2, 0) is 28.7 Å². The first kappa shape index (κ1) is 24.6. The molecule has 4 rings (SSSR count). The monoisotopic (exact) mass is 500 g/mol. The molecule has 2 amide bonds. The first-order valence-electron chi connectivity index (χ1n) is 11.2. The second kappa shape index (κ2) is 8.31.